The summed E-state index contributed by atoms with van der Waals surface area (Å²) in [6.45, 7) is 4.01. The first kappa shape index (κ1) is 21.7. The molecule has 1 saturated carbocycles. The molecule has 25 heavy (non-hydrogen) atoms. The average Bonchev–Trinajstić information content (AvgIpc) is 3.19. The van der Waals surface area contributed by atoms with E-state index in [4.69, 9.17) is 0 Å². The molecule has 2 rings (SSSR count). The molecule has 142 valence electrons. The lowest BCUT2D eigenvalue weighted by Gasteiger charge is -2.31. The number of rotatable bonds is 6. The van der Waals surface area contributed by atoms with Gasteiger partial charge in [-0.25, -0.2) is 4.99 Å². The molecule has 1 aliphatic rings. The Kier molecular flexibility index (Phi) is 8.67. The van der Waals surface area contributed by atoms with Crippen molar-refractivity contribution < 1.29 is 4.79 Å². The van der Waals surface area contributed by atoms with Crippen molar-refractivity contribution in [3.8, 4) is 0 Å². The van der Waals surface area contributed by atoms with Crippen molar-refractivity contribution >= 4 is 35.8 Å². The molecule has 0 saturated heterocycles. The van der Waals surface area contributed by atoms with Gasteiger partial charge in [0.25, 0.3) is 0 Å². The summed E-state index contributed by atoms with van der Waals surface area (Å²) in [4.78, 5) is 19.0. The number of halogens is 1. The first-order chi connectivity index (χ1) is 11.5. The Morgan fingerprint density at radius 1 is 1.36 bits per heavy atom. The summed E-state index contributed by atoms with van der Waals surface area (Å²) in [5.74, 6) is 0.964. The molecule has 0 atom stereocenters. The summed E-state index contributed by atoms with van der Waals surface area (Å²) in [6, 6.07) is 1.96. The number of nitrogens with zero attached hydrogens (tertiary/aromatic N) is 4. The first-order valence-electron chi connectivity index (χ1n) is 8.69. The lowest BCUT2D eigenvalue weighted by molar-refractivity contribution is -0.138. The zero-order chi connectivity index (χ0) is 17.6. The van der Waals surface area contributed by atoms with Crippen LogP contribution < -0.4 is 10.6 Å². The molecule has 1 heterocycles. The van der Waals surface area contributed by atoms with Crippen LogP contribution in [0.25, 0.3) is 0 Å². The summed E-state index contributed by atoms with van der Waals surface area (Å²) in [5.41, 5.74) is 0.749. The number of amides is 1. The Bertz CT molecular complexity index is 577. The Hall–Kier alpha value is -1.32. The Labute approximate surface area is 167 Å². The molecule has 2 N–H and O–H groups in total. The van der Waals surface area contributed by atoms with Gasteiger partial charge in [-0.05, 0) is 25.8 Å². The highest BCUT2D eigenvalue weighted by Crippen LogP contribution is 2.38. The minimum Gasteiger partial charge on any atom is -0.357 e. The minimum atomic E-state index is -0.299. The second-order valence-corrected chi connectivity index (χ2v) is 6.68. The number of hydrogen-bond acceptors (Lipinski definition) is 3. The zero-order valence-electron chi connectivity index (χ0n) is 15.7. The fourth-order valence-electron chi connectivity index (χ4n) is 3.30. The van der Waals surface area contributed by atoms with E-state index in [0.29, 0.717) is 13.1 Å². The Morgan fingerprint density at radius 3 is 2.56 bits per heavy atom. The van der Waals surface area contributed by atoms with Crippen molar-refractivity contribution in [2.24, 2.45) is 17.5 Å². The van der Waals surface area contributed by atoms with E-state index in [1.165, 1.54) is 0 Å². The van der Waals surface area contributed by atoms with Crippen LogP contribution in [0, 0.1) is 5.41 Å². The molecular formula is C17H31IN6O. The van der Waals surface area contributed by atoms with E-state index in [1.54, 1.807) is 11.1 Å². The van der Waals surface area contributed by atoms with Crippen molar-refractivity contribution in [1.29, 1.82) is 0 Å². The molecular weight excluding hydrogens is 431 g/mol. The average molecular weight is 462 g/mol. The molecule has 1 aliphatic carbocycles. The third kappa shape index (κ3) is 5.58. The van der Waals surface area contributed by atoms with Gasteiger partial charge in [0.1, 0.15) is 0 Å². The Balaban J connectivity index is 0.00000312. The van der Waals surface area contributed by atoms with E-state index in [1.807, 2.05) is 38.8 Å². The Morgan fingerprint density at radius 2 is 2.04 bits per heavy atom. The van der Waals surface area contributed by atoms with Crippen molar-refractivity contribution in [3.05, 3.63) is 18.0 Å². The van der Waals surface area contributed by atoms with E-state index in [9.17, 15) is 4.79 Å². The van der Waals surface area contributed by atoms with Gasteiger partial charge in [-0.1, -0.05) is 12.8 Å². The molecule has 8 heteroatoms. The van der Waals surface area contributed by atoms with Crippen LogP contribution in [0.3, 0.4) is 0 Å². The predicted octanol–water partition coefficient (Wildman–Crippen LogP) is 1.74. The second kappa shape index (κ2) is 9.98. The summed E-state index contributed by atoms with van der Waals surface area (Å²) < 4.78 is 1.82. The van der Waals surface area contributed by atoms with Gasteiger partial charge in [-0.15, -0.1) is 24.0 Å². The number of aromatic nitrogens is 2. The number of guanidine groups is 1. The summed E-state index contributed by atoms with van der Waals surface area (Å²) in [7, 11) is 5.59. The van der Waals surface area contributed by atoms with Crippen molar-refractivity contribution in [3.63, 3.8) is 0 Å². The first-order valence-corrected chi connectivity index (χ1v) is 8.69. The maximum absolute atomic E-state index is 12.6. The standard InChI is InChI=1S/C17H30N6O.HI/c1-5-18-16(19-12-14-8-11-21-23(14)4)20-13-17(9-6-7-10-17)15(24)22(2)3;/h8,11H,5-7,9-10,12-13H2,1-4H3,(H2,18,19,20);1H. The van der Waals surface area contributed by atoms with Crippen LogP contribution in [0.2, 0.25) is 0 Å². The van der Waals surface area contributed by atoms with Crippen LogP contribution in [0.4, 0.5) is 0 Å². The van der Waals surface area contributed by atoms with E-state index < -0.39 is 0 Å². The second-order valence-electron chi connectivity index (χ2n) is 6.68. The number of nitrogens with one attached hydrogen (secondary N) is 2. The number of hydrogen-bond donors (Lipinski definition) is 2. The number of carbonyl (C=O) groups excluding carboxylic acids is 1. The van der Waals surface area contributed by atoms with Gasteiger partial charge in [0.05, 0.1) is 17.7 Å². The molecule has 0 aromatic carbocycles. The van der Waals surface area contributed by atoms with Gasteiger partial charge in [0, 0.05) is 40.4 Å². The summed E-state index contributed by atoms with van der Waals surface area (Å²) >= 11 is 0. The normalized spacial score (nSPS) is 16.2. The van der Waals surface area contributed by atoms with Crippen LogP contribution in [-0.2, 0) is 18.4 Å². The SMILES string of the molecule is CCNC(=NCc1ccnn1C)NCC1(C(=O)N(C)C)CCCC1.I. The predicted molar refractivity (Wildman–Crippen MR) is 111 cm³/mol. The van der Waals surface area contributed by atoms with Crippen LogP contribution in [0.15, 0.2) is 17.3 Å². The molecule has 1 aromatic heterocycles. The fourth-order valence-corrected chi connectivity index (χ4v) is 3.30. The van der Waals surface area contributed by atoms with Gasteiger partial charge in [-0.3, -0.25) is 9.48 Å². The summed E-state index contributed by atoms with van der Waals surface area (Å²) in [6.07, 6.45) is 5.89. The van der Waals surface area contributed by atoms with Crippen LogP contribution >= 0.6 is 24.0 Å². The van der Waals surface area contributed by atoms with Crippen molar-refractivity contribution in [2.75, 3.05) is 27.2 Å². The third-order valence-electron chi connectivity index (χ3n) is 4.68. The van der Waals surface area contributed by atoms with Gasteiger partial charge in [0.15, 0.2) is 5.96 Å². The highest BCUT2D eigenvalue weighted by atomic mass is 127. The maximum atomic E-state index is 12.6. The molecule has 1 fully saturated rings. The van der Waals surface area contributed by atoms with Crippen molar-refractivity contribution in [1.82, 2.24) is 25.3 Å². The molecule has 7 nitrogen and oxygen atoms in total. The molecule has 0 spiro atoms. The lowest BCUT2D eigenvalue weighted by Crippen LogP contribution is -2.49. The number of aryl methyl sites for hydroxylation is 1. The fraction of sp³-hybridized carbons (Fsp3) is 0.706. The molecule has 0 unspecified atom stereocenters. The van der Waals surface area contributed by atoms with E-state index in [-0.39, 0.29) is 35.3 Å². The highest BCUT2D eigenvalue weighted by Gasteiger charge is 2.42. The monoisotopic (exact) mass is 462 g/mol. The summed E-state index contributed by atoms with van der Waals surface area (Å²) in [5, 5.41) is 10.8. The molecule has 0 radical (unpaired) electrons. The minimum absolute atomic E-state index is 0. The van der Waals surface area contributed by atoms with Crippen LogP contribution in [-0.4, -0.2) is 53.7 Å². The quantitative estimate of drug-likeness (QED) is 0.384. The zero-order valence-corrected chi connectivity index (χ0v) is 18.0. The van der Waals surface area contributed by atoms with Gasteiger partial charge >= 0.3 is 0 Å². The smallest absolute Gasteiger partial charge is 0.230 e. The van der Waals surface area contributed by atoms with Gasteiger partial charge in [-0.2, -0.15) is 5.10 Å². The van der Waals surface area contributed by atoms with E-state index >= 15 is 0 Å². The van der Waals surface area contributed by atoms with Crippen LogP contribution in [0.5, 0.6) is 0 Å². The molecule has 0 bridgehead atoms. The largest absolute Gasteiger partial charge is 0.357 e. The molecule has 1 amide bonds. The topological polar surface area (TPSA) is 74.5 Å². The number of aliphatic imine (C=N–C) groups is 1. The van der Waals surface area contributed by atoms with Gasteiger partial charge < -0.3 is 15.5 Å². The van der Waals surface area contributed by atoms with Crippen LogP contribution in [0.1, 0.15) is 38.3 Å². The van der Waals surface area contributed by atoms with E-state index in [0.717, 1.165) is 43.9 Å². The maximum Gasteiger partial charge on any atom is 0.230 e. The third-order valence-corrected chi connectivity index (χ3v) is 4.68. The lowest BCUT2D eigenvalue weighted by atomic mass is 9.84. The van der Waals surface area contributed by atoms with E-state index in [2.05, 4.69) is 20.7 Å². The number of carbonyl (C=O) groups is 1. The molecule has 0 aliphatic heterocycles. The highest BCUT2D eigenvalue weighted by molar-refractivity contribution is 14.0. The van der Waals surface area contributed by atoms with Crippen molar-refractivity contribution in [2.45, 2.75) is 39.2 Å². The van der Waals surface area contributed by atoms with Gasteiger partial charge in [0.2, 0.25) is 5.91 Å². The molecule has 1 aromatic rings.